The largest absolute Gasteiger partial charge is 0.462 e. The van der Waals surface area contributed by atoms with E-state index in [2.05, 4.69) is 4.72 Å². The first-order chi connectivity index (χ1) is 13.3. The standard InChI is InChI=1S/C20H20ClNO4S2/c1-3-4-10-26-19(23)14-6-5-7-16(11-14)22-28(24,25)20-13(2)17-12-15(21)8-9-18(17)27-20/h5-9,11-12,22H,3-4,10H2,1-2H3. The van der Waals surface area contributed by atoms with Gasteiger partial charge in [-0.2, -0.15) is 0 Å². The van der Waals surface area contributed by atoms with Crippen LogP contribution in [0.4, 0.5) is 5.69 Å². The fourth-order valence-electron chi connectivity index (χ4n) is 2.73. The van der Waals surface area contributed by atoms with Gasteiger partial charge in [0.2, 0.25) is 0 Å². The number of nitrogens with one attached hydrogen (secondary N) is 1. The number of fused-ring (bicyclic) bond motifs is 1. The zero-order chi connectivity index (χ0) is 20.3. The second kappa shape index (κ2) is 8.51. The Kier molecular flexibility index (Phi) is 6.27. The molecular formula is C20H20ClNO4S2. The molecule has 0 amide bonds. The molecule has 0 bridgehead atoms. The molecule has 0 unspecified atom stereocenters. The normalized spacial score (nSPS) is 11.5. The van der Waals surface area contributed by atoms with Crippen LogP contribution in [-0.2, 0) is 14.8 Å². The second-order valence-corrected chi connectivity index (χ2v) is 9.70. The average molecular weight is 438 g/mol. The molecule has 0 radical (unpaired) electrons. The summed E-state index contributed by atoms with van der Waals surface area (Å²) in [5, 5.41) is 1.37. The number of rotatable bonds is 7. The molecule has 8 heteroatoms. The van der Waals surface area contributed by atoms with Crippen LogP contribution in [-0.4, -0.2) is 21.0 Å². The first-order valence-corrected chi connectivity index (χ1v) is 11.5. The van der Waals surface area contributed by atoms with Crippen molar-refractivity contribution in [3.63, 3.8) is 0 Å². The van der Waals surface area contributed by atoms with Crippen LogP contribution in [0.15, 0.2) is 46.7 Å². The quantitative estimate of drug-likeness (QED) is 0.384. The molecule has 1 heterocycles. The minimum Gasteiger partial charge on any atom is -0.462 e. The van der Waals surface area contributed by atoms with Crippen LogP contribution in [0.25, 0.3) is 10.1 Å². The maximum Gasteiger partial charge on any atom is 0.338 e. The number of halogens is 1. The summed E-state index contributed by atoms with van der Waals surface area (Å²) in [4.78, 5) is 12.1. The molecule has 5 nitrogen and oxygen atoms in total. The van der Waals surface area contributed by atoms with Gasteiger partial charge in [0.05, 0.1) is 12.2 Å². The summed E-state index contributed by atoms with van der Waals surface area (Å²) in [5.41, 5.74) is 1.25. The highest BCUT2D eigenvalue weighted by Gasteiger charge is 2.22. The first kappa shape index (κ1) is 20.6. The van der Waals surface area contributed by atoms with Gasteiger partial charge in [0.15, 0.2) is 0 Å². The number of hydrogen-bond donors (Lipinski definition) is 1. The lowest BCUT2D eigenvalue weighted by Gasteiger charge is -2.09. The van der Waals surface area contributed by atoms with Gasteiger partial charge in [-0.25, -0.2) is 13.2 Å². The van der Waals surface area contributed by atoms with E-state index < -0.39 is 16.0 Å². The Hall–Kier alpha value is -2.09. The number of carbonyl (C=O) groups is 1. The predicted octanol–water partition coefficient (Wildman–Crippen LogP) is 5.62. The minimum atomic E-state index is -3.81. The van der Waals surface area contributed by atoms with Gasteiger partial charge in [0, 0.05) is 15.4 Å². The van der Waals surface area contributed by atoms with Gasteiger partial charge in [-0.15, -0.1) is 11.3 Å². The van der Waals surface area contributed by atoms with E-state index in [0.29, 0.717) is 28.4 Å². The van der Waals surface area contributed by atoms with Crippen LogP contribution in [0, 0.1) is 6.92 Å². The molecule has 2 aromatic carbocycles. The molecule has 0 aliphatic rings. The number of esters is 1. The molecule has 148 valence electrons. The summed E-state index contributed by atoms with van der Waals surface area (Å²) >= 11 is 7.21. The maximum atomic E-state index is 12.9. The summed E-state index contributed by atoms with van der Waals surface area (Å²) in [6.45, 7) is 4.10. The zero-order valence-corrected chi connectivity index (χ0v) is 17.9. The third-order valence-corrected chi connectivity index (χ3v) is 7.69. The number of ether oxygens (including phenoxy) is 1. The SMILES string of the molecule is CCCCOC(=O)c1cccc(NS(=O)(=O)c2sc3ccc(Cl)cc3c2C)c1. The van der Waals surface area contributed by atoms with Crippen molar-refractivity contribution in [3.8, 4) is 0 Å². The van der Waals surface area contributed by atoms with Crippen LogP contribution in [0.5, 0.6) is 0 Å². The van der Waals surface area contributed by atoms with E-state index in [1.165, 1.54) is 17.4 Å². The first-order valence-electron chi connectivity index (χ1n) is 8.80. The maximum absolute atomic E-state index is 12.9. The van der Waals surface area contributed by atoms with E-state index in [-0.39, 0.29) is 4.21 Å². The molecule has 3 aromatic rings. The number of thiophene rings is 1. The van der Waals surface area contributed by atoms with E-state index >= 15 is 0 Å². The molecule has 0 spiro atoms. The van der Waals surface area contributed by atoms with Gasteiger partial charge in [-0.05, 0) is 60.7 Å². The summed E-state index contributed by atoms with van der Waals surface area (Å²) in [7, 11) is -3.81. The Morgan fingerprint density at radius 1 is 1.21 bits per heavy atom. The topological polar surface area (TPSA) is 72.5 Å². The number of hydrogen-bond acceptors (Lipinski definition) is 5. The molecule has 0 fully saturated rings. The molecule has 3 rings (SSSR count). The van der Waals surface area contributed by atoms with Gasteiger partial charge < -0.3 is 4.74 Å². The van der Waals surface area contributed by atoms with E-state index in [4.69, 9.17) is 16.3 Å². The monoisotopic (exact) mass is 437 g/mol. The Labute approximate surface area is 173 Å². The molecule has 1 N–H and O–H groups in total. The van der Waals surface area contributed by atoms with Gasteiger partial charge >= 0.3 is 5.97 Å². The van der Waals surface area contributed by atoms with E-state index in [1.54, 1.807) is 43.3 Å². The molecule has 1 aromatic heterocycles. The minimum absolute atomic E-state index is 0.223. The Balaban J connectivity index is 1.86. The molecule has 0 aliphatic heterocycles. The molecule has 0 aliphatic carbocycles. The molecule has 28 heavy (non-hydrogen) atoms. The lowest BCUT2D eigenvalue weighted by molar-refractivity contribution is 0.0500. The Morgan fingerprint density at radius 2 is 2.00 bits per heavy atom. The lowest BCUT2D eigenvalue weighted by atomic mass is 10.2. The molecule has 0 atom stereocenters. The van der Waals surface area contributed by atoms with Crippen LogP contribution < -0.4 is 4.72 Å². The van der Waals surface area contributed by atoms with Gasteiger partial charge in [-0.1, -0.05) is 31.0 Å². The fraction of sp³-hybridized carbons (Fsp3) is 0.250. The van der Waals surface area contributed by atoms with E-state index in [0.717, 1.165) is 22.9 Å². The summed E-state index contributed by atoms with van der Waals surface area (Å²) < 4.78 is 34.6. The number of anilines is 1. The molecular weight excluding hydrogens is 418 g/mol. The number of unbranched alkanes of at least 4 members (excludes halogenated alkanes) is 1. The summed E-state index contributed by atoms with van der Waals surface area (Å²) in [6.07, 6.45) is 1.71. The second-order valence-electron chi connectivity index (χ2n) is 6.33. The van der Waals surface area contributed by atoms with Crippen LogP contribution in [0.3, 0.4) is 0 Å². The van der Waals surface area contributed by atoms with Crippen molar-refractivity contribution in [2.24, 2.45) is 0 Å². The highest BCUT2D eigenvalue weighted by Crippen LogP contribution is 2.36. The van der Waals surface area contributed by atoms with E-state index in [9.17, 15) is 13.2 Å². The summed E-state index contributed by atoms with van der Waals surface area (Å²) in [6, 6.07) is 11.6. The van der Waals surface area contributed by atoms with Gasteiger partial charge in [0.25, 0.3) is 10.0 Å². The van der Waals surface area contributed by atoms with Crippen LogP contribution >= 0.6 is 22.9 Å². The van der Waals surface area contributed by atoms with Gasteiger partial charge in [0.1, 0.15) is 4.21 Å². The number of sulfonamides is 1. The Bertz CT molecular complexity index is 1120. The van der Waals surface area contributed by atoms with Crippen molar-refractivity contribution in [2.75, 3.05) is 11.3 Å². The van der Waals surface area contributed by atoms with Crippen molar-refractivity contribution < 1.29 is 17.9 Å². The van der Waals surface area contributed by atoms with Gasteiger partial charge in [-0.3, -0.25) is 4.72 Å². The number of benzene rings is 2. The number of aryl methyl sites for hydroxylation is 1. The van der Waals surface area contributed by atoms with Crippen LogP contribution in [0.1, 0.15) is 35.7 Å². The predicted molar refractivity (Wildman–Crippen MR) is 114 cm³/mol. The lowest BCUT2D eigenvalue weighted by Crippen LogP contribution is -2.13. The zero-order valence-electron chi connectivity index (χ0n) is 15.5. The number of carbonyl (C=O) groups excluding carboxylic acids is 1. The van der Waals surface area contributed by atoms with Crippen molar-refractivity contribution in [1.82, 2.24) is 0 Å². The Morgan fingerprint density at radius 3 is 2.75 bits per heavy atom. The molecule has 0 saturated heterocycles. The summed E-state index contributed by atoms with van der Waals surface area (Å²) in [5.74, 6) is -0.470. The average Bonchev–Trinajstić information content (AvgIpc) is 2.99. The van der Waals surface area contributed by atoms with Crippen molar-refractivity contribution in [1.29, 1.82) is 0 Å². The third-order valence-electron chi connectivity index (χ3n) is 4.18. The highest BCUT2D eigenvalue weighted by molar-refractivity contribution is 7.94. The smallest absolute Gasteiger partial charge is 0.338 e. The van der Waals surface area contributed by atoms with Crippen LogP contribution in [0.2, 0.25) is 5.02 Å². The molecule has 0 saturated carbocycles. The van der Waals surface area contributed by atoms with Crippen molar-refractivity contribution in [3.05, 3.63) is 58.6 Å². The highest BCUT2D eigenvalue weighted by atomic mass is 35.5. The fourth-order valence-corrected chi connectivity index (χ4v) is 5.70. The van der Waals surface area contributed by atoms with Crippen molar-refractivity contribution >= 4 is 54.7 Å². The van der Waals surface area contributed by atoms with Crippen molar-refractivity contribution in [2.45, 2.75) is 30.9 Å². The van der Waals surface area contributed by atoms with E-state index in [1.807, 2.05) is 6.92 Å². The third kappa shape index (κ3) is 4.48.